The van der Waals surface area contributed by atoms with E-state index in [0.29, 0.717) is 11.8 Å². The third kappa shape index (κ3) is 2.19. The highest BCUT2D eigenvalue weighted by Crippen LogP contribution is 2.30. The minimum Gasteiger partial charge on any atom is -0.332 e. The predicted molar refractivity (Wildman–Crippen MR) is 57.7 cm³/mol. The molecule has 1 rings (SSSR count). The number of carbonyl (C=O) groups excluding carboxylic acids is 1. The Kier molecular flexibility index (Phi) is 3.28. The van der Waals surface area contributed by atoms with Crippen LogP contribution < -0.4 is 0 Å². The SMILES string of the molecule is CC(C)C(C)(C)C(=O)N1CCSC1. The first kappa shape index (κ1) is 10.9. The third-order valence-corrected chi connectivity index (χ3v) is 4.00. The molecular weight excluding hydrogens is 182 g/mol. The zero-order valence-electron chi connectivity index (χ0n) is 8.96. The van der Waals surface area contributed by atoms with E-state index in [1.807, 2.05) is 30.5 Å². The van der Waals surface area contributed by atoms with Gasteiger partial charge in [-0.15, -0.1) is 11.8 Å². The molecule has 1 saturated heterocycles. The van der Waals surface area contributed by atoms with Gasteiger partial charge in [-0.25, -0.2) is 0 Å². The second kappa shape index (κ2) is 3.91. The summed E-state index contributed by atoms with van der Waals surface area (Å²) in [6.45, 7) is 9.24. The summed E-state index contributed by atoms with van der Waals surface area (Å²) in [6, 6.07) is 0. The largest absolute Gasteiger partial charge is 0.332 e. The zero-order chi connectivity index (χ0) is 10.1. The lowest BCUT2D eigenvalue weighted by molar-refractivity contribution is -0.141. The highest BCUT2D eigenvalue weighted by atomic mass is 32.2. The van der Waals surface area contributed by atoms with Gasteiger partial charge in [-0.1, -0.05) is 27.7 Å². The van der Waals surface area contributed by atoms with Crippen LogP contribution in [0.1, 0.15) is 27.7 Å². The van der Waals surface area contributed by atoms with Crippen LogP contribution in [0.3, 0.4) is 0 Å². The van der Waals surface area contributed by atoms with Crippen molar-refractivity contribution >= 4 is 17.7 Å². The van der Waals surface area contributed by atoms with Crippen LogP contribution in [-0.2, 0) is 4.79 Å². The fraction of sp³-hybridized carbons (Fsp3) is 0.900. The van der Waals surface area contributed by atoms with E-state index >= 15 is 0 Å². The molecule has 3 heteroatoms. The molecular formula is C10H19NOS. The van der Waals surface area contributed by atoms with E-state index in [9.17, 15) is 4.79 Å². The van der Waals surface area contributed by atoms with Gasteiger partial charge in [0.15, 0.2) is 0 Å². The summed E-state index contributed by atoms with van der Waals surface area (Å²) in [5.41, 5.74) is -0.203. The standard InChI is InChI=1S/C10H19NOS/c1-8(2)10(3,4)9(12)11-5-6-13-7-11/h8H,5-7H2,1-4H3. The van der Waals surface area contributed by atoms with Crippen molar-refractivity contribution in [1.29, 1.82) is 0 Å². The van der Waals surface area contributed by atoms with E-state index in [1.54, 1.807) is 0 Å². The van der Waals surface area contributed by atoms with Crippen LogP contribution in [0.4, 0.5) is 0 Å². The summed E-state index contributed by atoms with van der Waals surface area (Å²) in [5, 5.41) is 0. The van der Waals surface area contributed by atoms with Crippen LogP contribution >= 0.6 is 11.8 Å². The van der Waals surface area contributed by atoms with Crippen LogP contribution in [0.2, 0.25) is 0 Å². The molecule has 0 N–H and O–H groups in total. The summed E-state index contributed by atoms with van der Waals surface area (Å²) in [4.78, 5) is 14.0. The fourth-order valence-corrected chi connectivity index (χ4v) is 2.17. The Labute approximate surface area is 85.1 Å². The molecule has 2 nitrogen and oxygen atoms in total. The van der Waals surface area contributed by atoms with Gasteiger partial charge in [0.25, 0.3) is 0 Å². The van der Waals surface area contributed by atoms with Crippen molar-refractivity contribution in [2.75, 3.05) is 18.2 Å². The molecule has 1 fully saturated rings. The summed E-state index contributed by atoms with van der Waals surface area (Å²) < 4.78 is 0. The number of amides is 1. The van der Waals surface area contributed by atoms with Crippen LogP contribution in [0.25, 0.3) is 0 Å². The van der Waals surface area contributed by atoms with E-state index in [4.69, 9.17) is 0 Å². The number of hydrogen-bond acceptors (Lipinski definition) is 2. The van der Waals surface area contributed by atoms with Crippen LogP contribution in [-0.4, -0.2) is 29.0 Å². The molecule has 1 aliphatic heterocycles. The predicted octanol–water partition coefficient (Wildman–Crippen LogP) is 2.20. The topological polar surface area (TPSA) is 20.3 Å². The lowest BCUT2D eigenvalue weighted by Gasteiger charge is -2.31. The maximum Gasteiger partial charge on any atom is 0.229 e. The molecule has 1 amide bonds. The molecule has 0 spiro atoms. The molecule has 76 valence electrons. The number of nitrogens with zero attached hydrogens (tertiary/aromatic N) is 1. The normalized spacial score (nSPS) is 18.4. The Morgan fingerprint density at radius 2 is 2.08 bits per heavy atom. The summed E-state index contributed by atoms with van der Waals surface area (Å²) in [7, 11) is 0. The van der Waals surface area contributed by atoms with Crippen molar-refractivity contribution in [2.45, 2.75) is 27.7 Å². The first-order valence-electron chi connectivity index (χ1n) is 4.83. The molecule has 0 aromatic rings. The molecule has 0 atom stereocenters. The maximum atomic E-state index is 12.0. The molecule has 1 aliphatic rings. The van der Waals surface area contributed by atoms with E-state index < -0.39 is 0 Å². The molecule has 0 aliphatic carbocycles. The van der Waals surface area contributed by atoms with Gasteiger partial charge in [0.1, 0.15) is 0 Å². The minimum absolute atomic E-state index is 0.203. The summed E-state index contributed by atoms with van der Waals surface area (Å²) >= 11 is 1.84. The zero-order valence-corrected chi connectivity index (χ0v) is 9.78. The van der Waals surface area contributed by atoms with Gasteiger partial charge in [-0.3, -0.25) is 4.79 Å². The van der Waals surface area contributed by atoms with E-state index in [1.165, 1.54) is 0 Å². The Morgan fingerprint density at radius 1 is 1.46 bits per heavy atom. The lowest BCUT2D eigenvalue weighted by Crippen LogP contribution is -2.42. The molecule has 0 saturated carbocycles. The van der Waals surface area contributed by atoms with E-state index in [2.05, 4.69) is 13.8 Å². The number of rotatable bonds is 2. The molecule has 0 unspecified atom stereocenters. The van der Waals surface area contributed by atoms with Crippen molar-refractivity contribution in [1.82, 2.24) is 4.90 Å². The van der Waals surface area contributed by atoms with Crippen molar-refractivity contribution in [3.8, 4) is 0 Å². The highest BCUT2D eigenvalue weighted by Gasteiger charge is 2.35. The minimum atomic E-state index is -0.203. The Balaban J connectivity index is 2.64. The second-order valence-corrected chi connectivity index (χ2v) is 5.56. The van der Waals surface area contributed by atoms with Crippen molar-refractivity contribution in [2.24, 2.45) is 11.3 Å². The monoisotopic (exact) mass is 201 g/mol. The Bertz CT molecular complexity index is 195. The van der Waals surface area contributed by atoms with Gasteiger partial charge in [0.05, 0.1) is 5.88 Å². The number of carbonyl (C=O) groups is 1. The van der Waals surface area contributed by atoms with Crippen molar-refractivity contribution in [3.63, 3.8) is 0 Å². The fourth-order valence-electron chi connectivity index (χ4n) is 1.23. The quantitative estimate of drug-likeness (QED) is 0.682. The van der Waals surface area contributed by atoms with Gasteiger partial charge in [-0.05, 0) is 5.92 Å². The van der Waals surface area contributed by atoms with Gasteiger partial charge in [0.2, 0.25) is 5.91 Å². The van der Waals surface area contributed by atoms with Crippen LogP contribution in [0.15, 0.2) is 0 Å². The lowest BCUT2D eigenvalue weighted by atomic mass is 9.80. The van der Waals surface area contributed by atoms with Crippen molar-refractivity contribution in [3.05, 3.63) is 0 Å². The first-order valence-corrected chi connectivity index (χ1v) is 5.99. The Morgan fingerprint density at radius 3 is 2.46 bits per heavy atom. The summed E-state index contributed by atoms with van der Waals surface area (Å²) in [6.07, 6.45) is 0. The maximum absolute atomic E-state index is 12.0. The van der Waals surface area contributed by atoms with Gasteiger partial charge >= 0.3 is 0 Å². The number of thioether (sulfide) groups is 1. The van der Waals surface area contributed by atoms with Crippen LogP contribution in [0, 0.1) is 11.3 Å². The van der Waals surface area contributed by atoms with E-state index in [-0.39, 0.29) is 5.41 Å². The smallest absolute Gasteiger partial charge is 0.229 e. The third-order valence-electron chi connectivity index (χ3n) is 3.03. The first-order chi connectivity index (χ1) is 5.96. The van der Waals surface area contributed by atoms with Gasteiger partial charge in [0, 0.05) is 17.7 Å². The second-order valence-electron chi connectivity index (χ2n) is 4.48. The molecule has 0 radical (unpaired) electrons. The number of hydrogen-bond donors (Lipinski definition) is 0. The molecule has 1 heterocycles. The average Bonchev–Trinajstić information content (AvgIpc) is 2.54. The molecule has 0 bridgehead atoms. The Hall–Kier alpha value is -0.180. The molecule has 13 heavy (non-hydrogen) atoms. The molecule has 0 aromatic carbocycles. The van der Waals surface area contributed by atoms with Gasteiger partial charge < -0.3 is 4.90 Å². The van der Waals surface area contributed by atoms with Gasteiger partial charge in [-0.2, -0.15) is 0 Å². The molecule has 0 aromatic heterocycles. The average molecular weight is 201 g/mol. The summed E-state index contributed by atoms with van der Waals surface area (Å²) in [5.74, 6) is 2.70. The van der Waals surface area contributed by atoms with Crippen molar-refractivity contribution < 1.29 is 4.79 Å². The van der Waals surface area contributed by atoms with Crippen LogP contribution in [0.5, 0.6) is 0 Å². The van der Waals surface area contributed by atoms with E-state index in [0.717, 1.165) is 18.2 Å². The highest BCUT2D eigenvalue weighted by molar-refractivity contribution is 7.99.